The Kier molecular flexibility index (Phi) is 5.32. The molecule has 0 spiro atoms. The number of amides is 1. The Balaban J connectivity index is 1.44. The molecule has 1 aliphatic rings. The first kappa shape index (κ1) is 18.2. The van der Waals surface area contributed by atoms with E-state index in [-0.39, 0.29) is 5.91 Å². The summed E-state index contributed by atoms with van der Waals surface area (Å²) in [5, 5.41) is 3.01. The van der Waals surface area contributed by atoms with E-state index in [9.17, 15) is 4.79 Å². The zero-order valence-corrected chi connectivity index (χ0v) is 16.0. The molecule has 1 saturated heterocycles. The van der Waals surface area contributed by atoms with Gasteiger partial charge in [-0.15, -0.1) is 0 Å². The highest BCUT2D eigenvalue weighted by Gasteiger charge is 2.24. The average Bonchev–Trinajstić information content (AvgIpc) is 3.26. The minimum atomic E-state index is 0.0896. The Hall–Kier alpha value is -3.22. The van der Waals surface area contributed by atoms with Crippen LogP contribution in [0.5, 0.6) is 0 Å². The summed E-state index contributed by atoms with van der Waals surface area (Å²) < 4.78 is 2.09. The molecule has 3 aromatic rings. The van der Waals surface area contributed by atoms with Crippen molar-refractivity contribution in [1.82, 2.24) is 24.4 Å². The normalized spacial score (nSPS) is 16.8. The fraction of sp³-hybridized carbons (Fsp3) is 0.333. The maximum Gasteiger partial charge on any atom is 0.253 e. The van der Waals surface area contributed by atoms with Crippen LogP contribution in [0.1, 0.15) is 23.2 Å². The van der Waals surface area contributed by atoms with Crippen molar-refractivity contribution >= 4 is 11.7 Å². The van der Waals surface area contributed by atoms with Crippen molar-refractivity contribution in [3.05, 3.63) is 60.8 Å². The van der Waals surface area contributed by atoms with E-state index in [4.69, 9.17) is 0 Å². The zero-order valence-electron chi connectivity index (χ0n) is 16.0. The van der Waals surface area contributed by atoms with E-state index >= 15 is 0 Å². The van der Waals surface area contributed by atoms with Crippen molar-refractivity contribution in [2.75, 3.05) is 25.5 Å². The third kappa shape index (κ3) is 4.03. The van der Waals surface area contributed by atoms with Crippen molar-refractivity contribution in [3.8, 4) is 11.4 Å². The summed E-state index contributed by atoms with van der Waals surface area (Å²) in [6.45, 7) is 2.50. The molecule has 4 rings (SSSR count). The van der Waals surface area contributed by atoms with Crippen molar-refractivity contribution in [2.24, 2.45) is 5.92 Å². The number of likely N-dealkylation sites (tertiary alicyclic amines) is 1. The second-order valence-corrected chi connectivity index (χ2v) is 7.11. The molecule has 144 valence electrons. The molecule has 2 aromatic heterocycles. The zero-order chi connectivity index (χ0) is 19.3. The molecule has 0 saturated carbocycles. The monoisotopic (exact) mass is 376 g/mol. The molecule has 0 radical (unpaired) electrons. The van der Waals surface area contributed by atoms with E-state index in [0.717, 1.165) is 43.9 Å². The minimum Gasteiger partial charge on any atom is -0.373 e. The van der Waals surface area contributed by atoms with Crippen LogP contribution >= 0.6 is 0 Å². The number of benzene rings is 1. The Labute approximate surface area is 164 Å². The van der Waals surface area contributed by atoms with Gasteiger partial charge in [-0.25, -0.2) is 15.0 Å². The van der Waals surface area contributed by atoms with Crippen LogP contribution in [0, 0.1) is 5.92 Å². The number of hydrogen-bond donors (Lipinski definition) is 1. The molecule has 1 fully saturated rings. The minimum absolute atomic E-state index is 0.0896. The molecule has 1 aliphatic heterocycles. The number of anilines is 1. The van der Waals surface area contributed by atoms with E-state index in [1.54, 1.807) is 12.4 Å². The van der Waals surface area contributed by atoms with Crippen LogP contribution in [-0.4, -0.2) is 50.5 Å². The molecule has 1 N–H and O–H groups in total. The fourth-order valence-corrected chi connectivity index (χ4v) is 3.67. The van der Waals surface area contributed by atoms with Gasteiger partial charge < -0.3 is 14.8 Å². The lowest BCUT2D eigenvalue weighted by molar-refractivity contribution is 0.0662. The summed E-state index contributed by atoms with van der Waals surface area (Å²) in [5.41, 5.74) is 1.60. The topological polar surface area (TPSA) is 75.9 Å². The fourth-order valence-electron chi connectivity index (χ4n) is 3.67. The van der Waals surface area contributed by atoms with E-state index in [1.165, 1.54) is 0 Å². The quantitative estimate of drug-likeness (QED) is 0.741. The summed E-state index contributed by atoms with van der Waals surface area (Å²) in [4.78, 5) is 27.8. The lowest BCUT2D eigenvalue weighted by atomic mass is 9.97. The van der Waals surface area contributed by atoms with Gasteiger partial charge in [0.25, 0.3) is 5.91 Å². The number of carbonyl (C=O) groups excluding carboxylic acids is 1. The number of piperidine rings is 1. The second kappa shape index (κ2) is 8.21. The summed E-state index contributed by atoms with van der Waals surface area (Å²) >= 11 is 0. The van der Waals surface area contributed by atoms with E-state index < -0.39 is 0 Å². The Morgan fingerprint density at radius 3 is 2.82 bits per heavy atom. The van der Waals surface area contributed by atoms with E-state index in [2.05, 4.69) is 24.8 Å². The molecule has 1 atom stereocenters. The number of hydrogen-bond acceptors (Lipinski definition) is 5. The van der Waals surface area contributed by atoms with Gasteiger partial charge in [-0.1, -0.05) is 12.1 Å². The Bertz CT molecular complexity index is 922. The number of nitrogens with zero attached hydrogens (tertiary/aromatic N) is 5. The van der Waals surface area contributed by atoms with Crippen molar-refractivity contribution < 1.29 is 4.79 Å². The summed E-state index contributed by atoms with van der Waals surface area (Å²) in [6, 6.07) is 9.38. The van der Waals surface area contributed by atoms with Gasteiger partial charge in [0.2, 0.25) is 0 Å². The van der Waals surface area contributed by atoms with Crippen LogP contribution in [-0.2, 0) is 6.54 Å². The lowest BCUT2D eigenvalue weighted by Gasteiger charge is -2.33. The molecule has 1 aromatic carbocycles. The summed E-state index contributed by atoms with van der Waals surface area (Å²) in [5.74, 6) is 1.96. The van der Waals surface area contributed by atoms with Crippen LogP contribution in [0.4, 0.5) is 5.82 Å². The molecule has 1 amide bonds. The van der Waals surface area contributed by atoms with Gasteiger partial charge in [0.1, 0.15) is 5.82 Å². The number of nitrogens with one attached hydrogen (secondary N) is 1. The van der Waals surface area contributed by atoms with Crippen LogP contribution < -0.4 is 5.32 Å². The number of carbonyl (C=O) groups is 1. The summed E-state index contributed by atoms with van der Waals surface area (Å²) in [7, 11) is 1.83. The maximum absolute atomic E-state index is 13.0. The van der Waals surface area contributed by atoms with Gasteiger partial charge in [-0.3, -0.25) is 4.79 Å². The Morgan fingerprint density at radius 2 is 2.07 bits per heavy atom. The standard InChI is InChI=1S/C21H24N6O/c1-22-19-8-9-24-20(25-19)17-4-6-18(7-5-17)21(28)27-11-2-3-16(14-27)13-26-12-10-23-15-26/h4-10,12,15-16H,2-3,11,13-14H2,1H3,(H,22,24,25)/t16-/m1/s1. The molecule has 7 heteroatoms. The first-order valence-corrected chi connectivity index (χ1v) is 9.59. The first-order valence-electron chi connectivity index (χ1n) is 9.59. The predicted molar refractivity (Wildman–Crippen MR) is 108 cm³/mol. The molecule has 28 heavy (non-hydrogen) atoms. The number of imidazole rings is 1. The van der Waals surface area contributed by atoms with Crippen molar-refractivity contribution in [1.29, 1.82) is 0 Å². The van der Waals surface area contributed by atoms with Crippen LogP contribution in [0.3, 0.4) is 0 Å². The second-order valence-electron chi connectivity index (χ2n) is 7.11. The lowest BCUT2D eigenvalue weighted by Crippen LogP contribution is -2.41. The van der Waals surface area contributed by atoms with Gasteiger partial charge in [0, 0.05) is 56.4 Å². The predicted octanol–water partition coefficient (Wildman–Crippen LogP) is 2.93. The molecular formula is C21H24N6O. The average molecular weight is 376 g/mol. The summed E-state index contributed by atoms with van der Waals surface area (Å²) in [6.07, 6.45) is 9.51. The van der Waals surface area contributed by atoms with Gasteiger partial charge >= 0.3 is 0 Å². The Morgan fingerprint density at radius 1 is 1.21 bits per heavy atom. The third-order valence-electron chi connectivity index (χ3n) is 5.14. The highest BCUT2D eigenvalue weighted by Crippen LogP contribution is 2.22. The first-order chi connectivity index (χ1) is 13.7. The molecule has 7 nitrogen and oxygen atoms in total. The third-order valence-corrected chi connectivity index (χ3v) is 5.14. The van der Waals surface area contributed by atoms with Crippen LogP contribution in [0.15, 0.2) is 55.2 Å². The highest BCUT2D eigenvalue weighted by atomic mass is 16.2. The van der Waals surface area contributed by atoms with Crippen LogP contribution in [0.25, 0.3) is 11.4 Å². The van der Waals surface area contributed by atoms with Gasteiger partial charge in [-0.2, -0.15) is 0 Å². The molecule has 0 aliphatic carbocycles. The van der Waals surface area contributed by atoms with Gasteiger partial charge in [-0.05, 0) is 37.0 Å². The van der Waals surface area contributed by atoms with Gasteiger partial charge in [0.15, 0.2) is 5.82 Å². The maximum atomic E-state index is 13.0. The van der Waals surface area contributed by atoms with E-state index in [1.807, 2.05) is 54.8 Å². The highest BCUT2D eigenvalue weighted by molar-refractivity contribution is 5.94. The van der Waals surface area contributed by atoms with Gasteiger partial charge in [0.05, 0.1) is 6.33 Å². The molecule has 0 bridgehead atoms. The van der Waals surface area contributed by atoms with Crippen LogP contribution in [0.2, 0.25) is 0 Å². The molecule has 0 unspecified atom stereocenters. The number of aromatic nitrogens is 4. The van der Waals surface area contributed by atoms with Crippen molar-refractivity contribution in [2.45, 2.75) is 19.4 Å². The molecule has 3 heterocycles. The smallest absolute Gasteiger partial charge is 0.253 e. The van der Waals surface area contributed by atoms with Crippen molar-refractivity contribution in [3.63, 3.8) is 0 Å². The largest absolute Gasteiger partial charge is 0.373 e. The van der Waals surface area contributed by atoms with E-state index in [0.29, 0.717) is 17.3 Å². The SMILES string of the molecule is CNc1ccnc(-c2ccc(C(=O)N3CCC[C@H](Cn4ccnc4)C3)cc2)n1. The molecular weight excluding hydrogens is 352 g/mol. The number of rotatable bonds is 5.